The number of pyridine rings is 1. The van der Waals surface area contributed by atoms with Crippen LogP contribution in [0.15, 0.2) is 244 Å². The predicted octanol–water partition coefficient (Wildman–Crippen LogP) is 14.3. The van der Waals surface area contributed by atoms with Crippen LogP contribution < -0.4 is 0 Å². The lowest BCUT2D eigenvalue weighted by atomic mass is 10.1. The molecule has 11 rings (SSSR count). The topological polar surface area (TPSA) is 22.8 Å². The molecule has 0 aliphatic rings. The Morgan fingerprint density at radius 1 is 0.316 bits per heavy atom. The van der Waals surface area contributed by atoms with Crippen molar-refractivity contribution >= 4 is 53.6 Å². The summed E-state index contributed by atoms with van der Waals surface area (Å²) in [5.41, 5.74) is 6.79. The molecule has 0 aliphatic carbocycles. The number of hydrogen-bond donors (Lipinski definition) is 0. The molecule has 3 aromatic heterocycles. The van der Waals surface area contributed by atoms with Crippen molar-refractivity contribution in [2.75, 3.05) is 0 Å². The summed E-state index contributed by atoms with van der Waals surface area (Å²) in [5.74, 6) is 1.74. The molecule has 270 valence electrons. The van der Waals surface area contributed by atoms with Crippen LogP contribution in [-0.2, 0) is 0 Å². The fourth-order valence-electron chi connectivity index (χ4n) is 8.86. The Morgan fingerprint density at radius 3 is 1.02 bits per heavy atom. The van der Waals surface area contributed by atoms with Crippen molar-refractivity contribution < 1.29 is 0 Å². The third-order valence-electron chi connectivity index (χ3n) is 11.2. The monoisotopic (exact) mass is 747 g/mol. The van der Waals surface area contributed by atoms with E-state index in [-0.39, 0.29) is 0 Å². The summed E-state index contributed by atoms with van der Waals surface area (Å²) < 4.78 is 4.69. The van der Waals surface area contributed by atoms with Gasteiger partial charge in [-0.1, -0.05) is 146 Å². The van der Waals surface area contributed by atoms with Gasteiger partial charge in [0.1, 0.15) is 11.6 Å². The Kier molecular flexibility index (Phi) is 7.90. The van der Waals surface area contributed by atoms with Crippen molar-refractivity contribution in [1.29, 1.82) is 0 Å². The molecule has 0 spiro atoms. The lowest BCUT2D eigenvalue weighted by Gasteiger charge is -2.43. The summed E-state index contributed by atoms with van der Waals surface area (Å²) in [7, 11) is -2.00. The van der Waals surface area contributed by atoms with Crippen LogP contribution in [0, 0.1) is 0 Å². The van der Waals surface area contributed by atoms with Crippen molar-refractivity contribution in [3.05, 3.63) is 224 Å². The third kappa shape index (κ3) is 5.18. The lowest BCUT2D eigenvalue weighted by Crippen LogP contribution is -2.08. The quantitative estimate of drug-likeness (QED) is 0.159. The van der Waals surface area contributed by atoms with Crippen molar-refractivity contribution in [2.24, 2.45) is 0 Å². The van der Waals surface area contributed by atoms with E-state index in [1.807, 2.05) is 0 Å². The molecule has 3 nitrogen and oxygen atoms in total. The molecule has 0 saturated heterocycles. The molecule has 0 unspecified atom stereocenters. The lowest BCUT2D eigenvalue weighted by molar-refractivity contribution is 1.01. The minimum atomic E-state index is -2.00. The fourth-order valence-corrected chi connectivity index (χ4v) is 12.9. The molecule has 0 aliphatic heterocycles. The van der Waals surface area contributed by atoms with Crippen molar-refractivity contribution in [3.63, 3.8) is 0 Å². The average Bonchev–Trinajstić information content (AvgIpc) is 3.81. The summed E-state index contributed by atoms with van der Waals surface area (Å²) in [4.78, 5) is 10.8. The van der Waals surface area contributed by atoms with Gasteiger partial charge in [0, 0.05) is 41.1 Å². The Morgan fingerprint density at radius 2 is 0.632 bits per heavy atom. The molecule has 0 saturated carbocycles. The maximum absolute atomic E-state index is 5.64. The summed E-state index contributed by atoms with van der Waals surface area (Å²) in [6, 6.07) is 81.7. The van der Waals surface area contributed by atoms with E-state index < -0.39 is 10.0 Å². The summed E-state index contributed by atoms with van der Waals surface area (Å²) in [5, 5.41) is 4.83. The van der Waals surface area contributed by atoms with Crippen LogP contribution in [0.1, 0.15) is 0 Å². The van der Waals surface area contributed by atoms with Gasteiger partial charge in [-0.2, -0.15) is 0 Å². The highest BCUT2D eigenvalue weighted by molar-refractivity contribution is 8.34. The molecule has 11 aromatic rings. The maximum atomic E-state index is 5.64. The van der Waals surface area contributed by atoms with E-state index in [1.165, 1.54) is 46.7 Å². The Hall–Kier alpha value is -7.14. The molecule has 4 heteroatoms. The van der Waals surface area contributed by atoms with Crippen LogP contribution in [0.5, 0.6) is 0 Å². The molecule has 0 amide bonds. The third-order valence-corrected chi connectivity index (χ3v) is 15.2. The molecule has 8 aromatic carbocycles. The number of hydrogen-bond acceptors (Lipinski definition) is 1. The van der Waals surface area contributed by atoms with Gasteiger partial charge in [0.15, 0.2) is 0 Å². The average molecular weight is 748 g/mol. The van der Waals surface area contributed by atoms with E-state index in [4.69, 9.17) is 4.98 Å². The number of aromatic nitrogens is 3. The number of para-hydroxylation sites is 4. The van der Waals surface area contributed by atoms with Gasteiger partial charge in [-0.15, -0.1) is 10.0 Å². The highest BCUT2D eigenvalue weighted by atomic mass is 32.3. The first-order chi connectivity index (χ1) is 28.3. The normalized spacial score (nSPS) is 12.1. The fraction of sp³-hybridized carbons (Fsp3) is 0. The van der Waals surface area contributed by atoms with Crippen LogP contribution in [0.25, 0.3) is 66.4 Å². The zero-order chi connectivity index (χ0) is 37.8. The number of benzene rings is 8. The first-order valence-corrected chi connectivity index (χ1v) is 21.0. The van der Waals surface area contributed by atoms with Crippen molar-refractivity contribution in [2.45, 2.75) is 19.6 Å². The Bertz CT molecular complexity index is 2900. The molecular formula is C53H37N3S. The molecule has 0 bridgehead atoms. The van der Waals surface area contributed by atoms with Crippen molar-refractivity contribution in [1.82, 2.24) is 14.1 Å². The van der Waals surface area contributed by atoms with Crippen LogP contribution in [-0.4, -0.2) is 14.1 Å². The van der Waals surface area contributed by atoms with E-state index in [9.17, 15) is 0 Å². The van der Waals surface area contributed by atoms with Gasteiger partial charge in [-0.25, -0.2) is 4.98 Å². The highest BCUT2D eigenvalue weighted by Crippen LogP contribution is 2.74. The molecule has 0 fully saturated rings. The SMILES string of the molecule is c1ccc(S(c2ccccc2)(c2ccccc2)c2ccccc2-c2cc(-n3c4ccccc4c4ccccc43)nc(-n3c4ccccc4c4ccccc43)c2)cc1. The summed E-state index contributed by atoms with van der Waals surface area (Å²) in [6.45, 7) is 0. The number of nitrogens with zero attached hydrogens (tertiary/aromatic N) is 3. The van der Waals surface area contributed by atoms with E-state index in [0.717, 1.165) is 39.3 Å². The summed E-state index contributed by atoms with van der Waals surface area (Å²) >= 11 is 0. The van der Waals surface area contributed by atoms with Crippen LogP contribution in [0.2, 0.25) is 0 Å². The van der Waals surface area contributed by atoms with Crippen LogP contribution in [0.4, 0.5) is 0 Å². The zero-order valence-corrected chi connectivity index (χ0v) is 31.9. The smallest absolute Gasteiger partial charge is 0.140 e. The minimum absolute atomic E-state index is 0.872. The largest absolute Gasteiger partial charge is 0.294 e. The van der Waals surface area contributed by atoms with Gasteiger partial charge in [-0.3, -0.25) is 9.13 Å². The standard InChI is InChI=1S/C53H37N3S/c1-4-20-39(21-5-1)57(40-22-6-2-7-23-40,41-24-8-3-9-25-41)51-35-19-14-26-42(51)38-36-52(55-47-31-15-10-27-43(47)44-28-11-16-32-48(44)55)54-53(37-38)56-49-33-17-12-29-45(49)46-30-13-18-34-50(46)56/h1-37H. The van der Waals surface area contributed by atoms with Gasteiger partial charge in [-0.05, 0) is 90.0 Å². The molecule has 0 radical (unpaired) electrons. The molecule has 3 heterocycles. The predicted molar refractivity (Wildman–Crippen MR) is 238 cm³/mol. The van der Waals surface area contributed by atoms with E-state index in [2.05, 4.69) is 234 Å². The number of rotatable bonds is 7. The summed E-state index contributed by atoms with van der Waals surface area (Å²) in [6.07, 6.45) is 0. The van der Waals surface area contributed by atoms with E-state index in [0.29, 0.717) is 0 Å². The molecule has 57 heavy (non-hydrogen) atoms. The van der Waals surface area contributed by atoms with E-state index >= 15 is 0 Å². The van der Waals surface area contributed by atoms with Gasteiger partial charge in [0.2, 0.25) is 0 Å². The first-order valence-electron chi connectivity index (χ1n) is 19.4. The van der Waals surface area contributed by atoms with Gasteiger partial charge < -0.3 is 0 Å². The maximum Gasteiger partial charge on any atom is 0.140 e. The number of fused-ring (bicyclic) bond motifs is 6. The molecule has 0 N–H and O–H groups in total. The Labute approximate surface area is 333 Å². The molecule has 0 atom stereocenters. The van der Waals surface area contributed by atoms with Gasteiger partial charge in [0.05, 0.1) is 22.1 Å². The first kappa shape index (κ1) is 33.2. The zero-order valence-electron chi connectivity index (χ0n) is 31.1. The van der Waals surface area contributed by atoms with Gasteiger partial charge in [0.25, 0.3) is 0 Å². The Balaban J connectivity index is 1.28. The second-order valence-corrected chi connectivity index (χ2v) is 17.4. The minimum Gasteiger partial charge on any atom is -0.294 e. The van der Waals surface area contributed by atoms with Crippen LogP contribution in [0.3, 0.4) is 0 Å². The van der Waals surface area contributed by atoms with Gasteiger partial charge >= 0.3 is 0 Å². The highest BCUT2D eigenvalue weighted by Gasteiger charge is 2.35. The second kappa shape index (κ2) is 13.6. The van der Waals surface area contributed by atoms with E-state index in [1.54, 1.807) is 0 Å². The molecular weight excluding hydrogens is 711 g/mol. The van der Waals surface area contributed by atoms with Crippen molar-refractivity contribution in [3.8, 4) is 22.8 Å². The second-order valence-electron chi connectivity index (χ2n) is 14.4. The van der Waals surface area contributed by atoms with Crippen LogP contribution >= 0.6 is 10.0 Å².